The molecule has 3 unspecified atom stereocenters. The number of carboxylic acid groups (broad SMARTS) is 1. The Labute approximate surface area is 190 Å². The molecular formula is C23H24F3NO5S. The lowest BCUT2D eigenvalue weighted by Crippen LogP contribution is -2.55. The molecule has 2 aromatic carbocycles. The maximum atomic E-state index is 14.7. The van der Waals surface area contributed by atoms with E-state index in [1.54, 1.807) is 13.0 Å². The Balaban J connectivity index is 2.05. The SMILES string of the molecule is Cc1ccc(S(=O)(=O)N2c3ccc(C(C)(C)C)cc3C3(C(F)(F)F)OCC(C(=O)O)C23)cc1. The van der Waals surface area contributed by atoms with Crippen LogP contribution in [0.1, 0.15) is 37.5 Å². The molecule has 1 saturated heterocycles. The van der Waals surface area contributed by atoms with Gasteiger partial charge in [-0.1, -0.05) is 44.5 Å². The van der Waals surface area contributed by atoms with Gasteiger partial charge in [0.25, 0.3) is 10.0 Å². The number of hydrogen-bond donors (Lipinski definition) is 1. The van der Waals surface area contributed by atoms with Crippen LogP contribution in [0.2, 0.25) is 0 Å². The zero-order valence-electron chi connectivity index (χ0n) is 18.5. The Morgan fingerprint density at radius 3 is 2.24 bits per heavy atom. The summed E-state index contributed by atoms with van der Waals surface area (Å²) in [6.07, 6.45) is -5.06. The monoisotopic (exact) mass is 483 g/mol. The highest BCUT2D eigenvalue weighted by Gasteiger charge is 2.75. The second-order valence-electron chi connectivity index (χ2n) is 9.53. The van der Waals surface area contributed by atoms with Gasteiger partial charge in [0.15, 0.2) is 0 Å². The van der Waals surface area contributed by atoms with E-state index in [0.717, 1.165) is 5.56 Å². The summed E-state index contributed by atoms with van der Waals surface area (Å²) in [5.41, 5.74) is -2.93. The normalized spacial score (nSPS) is 25.1. The Morgan fingerprint density at radius 1 is 1.12 bits per heavy atom. The minimum atomic E-state index is -5.06. The Hall–Kier alpha value is -2.59. The standard InChI is InChI=1S/C23H24F3NO5S/c1-13-5-8-15(9-6-13)33(30,31)27-18-10-7-14(21(2,3)4)11-17(18)22(23(24,25)26)19(27)16(12-32-22)20(28)29/h5-11,16,19H,12H2,1-4H3,(H,28,29). The molecular weight excluding hydrogens is 459 g/mol. The molecule has 6 nitrogen and oxygen atoms in total. The summed E-state index contributed by atoms with van der Waals surface area (Å²) in [5.74, 6) is -3.27. The smallest absolute Gasteiger partial charge is 0.423 e. The van der Waals surface area contributed by atoms with Crippen molar-refractivity contribution in [2.45, 2.75) is 55.8 Å². The molecule has 0 bridgehead atoms. The summed E-state index contributed by atoms with van der Waals surface area (Å²) < 4.78 is 77.4. The number of alkyl halides is 3. The number of anilines is 1. The lowest BCUT2D eigenvalue weighted by atomic mass is 9.81. The molecule has 4 rings (SSSR count). The fraction of sp³-hybridized carbons (Fsp3) is 0.435. The van der Waals surface area contributed by atoms with E-state index in [1.807, 2.05) is 20.8 Å². The van der Waals surface area contributed by atoms with Crippen LogP contribution in [0.15, 0.2) is 47.4 Å². The van der Waals surface area contributed by atoms with Crippen LogP contribution in [0.5, 0.6) is 0 Å². The van der Waals surface area contributed by atoms with Crippen molar-refractivity contribution in [3.8, 4) is 0 Å². The molecule has 0 saturated carbocycles. The fourth-order valence-electron chi connectivity index (χ4n) is 4.60. The molecule has 10 heteroatoms. The first-order valence-electron chi connectivity index (χ1n) is 10.3. The second kappa shape index (κ2) is 7.20. The maximum Gasteiger partial charge on any atom is 0.423 e. The first-order valence-corrected chi connectivity index (χ1v) is 11.8. The molecule has 1 N–H and O–H groups in total. The van der Waals surface area contributed by atoms with Gasteiger partial charge in [0.2, 0.25) is 5.60 Å². The number of aryl methyl sites for hydroxylation is 1. The molecule has 0 aromatic heterocycles. The number of halogens is 3. The van der Waals surface area contributed by atoms with Gasteiger partial charge in [0.05, 0.1) is 17.2 Å². The van der Waals surface area contributed by atoms with Crippen LogP contribution in [0.25, 0.3) is 0 Å². The van der Waals surface area contributed by atoms with Crippen molar-refractivity contribution in [2.24, 2.45) is 5.92 Å². The average Bonchev–Trinajstić information content (AvgIpc) is 3.21. The van der Waals surface area contributed by atoms with Gasteiger partial charge in [0, 0.05) is 5.56 Å². The molecule has 2 aliphatic rings. The quantitative estimate of drug-likeness (QED) is 0.702. The Morgan fingerprint density at radius 2 is 1.73 bits per heavy atom. The number of fused-ring (bicyclic) bond motifs is 3. The highest BCUT2D eigenvalue weighted by atomic mass is 32.2. The van der Waals surface area contributed by atoms with Gasteiger partial charge in [-0.2, -0.15) is 13.2 Å². The number of sulfonamides is 1. The first-order chi connectivity index (χ1) is 15.1. The van der Waals surface area contributed by atoms with E-state index in [0.29, 0.717) is 9.87 Å². The Kier molecular flexibility index (Phi) is 5.14. The molecule has 0 aliphatic carbocycles. The third-order valence-corrected chi connectivity index (χ3v) is 8.17. The van der Waals surface area contributed by atoms with Gasteiger partial charge >= 0.3 is 12.1 Å². The lowest BCUT2D eigenvalue weighted by molar-refractivity contribution is -0.269. The molecule has 2 aliphatic heterocycles. The molecule has 33 heavy (non-hydrogen) atoms. The van der Waals surface area contributed by atoms with Gasteiger partial charge < -0.3 is 9.84 Å². The fourth-order valence-corrected chi connectivity index (χ4v) is 6.32. The van der Waals surface area contributed by atoms with Crippen LogP contribution >= 0.6 is 0 Å². The van der Waals surface area contributed by atoms with Crippen molar-refractivity contribution < 1.29 is 36.2 Å². The van der Waals surface area contributed by atoms with Crippen LogP contribution < -0.4 is 4.31 Å². The minimum Gasteiger partial charge on any atom is -0.481 e. The maximum absolute atomic E-state index is 14.7. The van der Waals surface area contributed by atoms with Gasteiger partial charge in [-0.3, -0.25) is 9.10 Å². The van der Waals surface area contributed by atoms with Crippen LogP contribution in [0, 0.1) is 12.8 Å². The van der Waals surface area contributed by atoms with E-state index in [4.69, 9.17) is 4.74 Å². The predicted octanol–water partition coefficient (Wildman–Crippen LogP) is 4.36. The van der Waals surface area contributed by atoms with Crippen LogP contribution in [-0.2, 0) is 30.6 Å². The van der Waals surface area contributed by atoms with Crippen molar-refractivity contribution in [1.29, 1.82) is 0 Å². The first kappa shape index (κ1) is 23.6. The highest BCUT2D eigenvalue weighted by Crippen LogP contribution is 2.61. The van der Waals surface area contributed by atoms with E-state index in [1.165, 1.54) is 36.4 Å². The third kappa shape index (κ3) is 3.33. The van der Waals surface area contributed by atoms with Gasteiger partial charge in [-0.05, 0) is 42.2 Å². The van der Waals surface area contributed by atoms with Gasteiger partial charge in [-0.15, -0.1) is 0 Å². The van der Waals surface area contributed by atoms with E-state index >= 15 is 0 Å². The summed E-state index contributed by atoms with van der Waals surface area (Å²) in [6, 6.07) is 7.82. The summed E-state index contributed by atoms with van der Waals surface area (Å²) in [6.45, 7) is 6.43. The third-order valence-electron chi connectivity index (χ3n) is 6.36. The van der Waals surface area contributed by atoms with Crippen molar-refractivity contribution >= 4 is 21.7 Å². The highest BCUT2D eigenvalue weighted by molar-refractivity contribution is 7.92. The molecule has 178 valence electrons. The topological polar surface area (TPSA) is 83.9 Å². The van der Waals surface area contributed by atoms with E-state index in [9.17, 15) is 31.5 Å². The molecule has 0 amide bonds. The molecule has 1 fully saturated rings. The summed E-state index contributed by atoms with van der Waals surface area (Å²) in [4.78, 5) is 11.7. The summed E-state index contributed by atoms with van der Waals surface area (Å²) >= 11 is 0. The lowest BCUT2D eigenvalue weighted by Gasteiger charge is -2.35. The van der Waals surface area contributed by atoms with Crippen LogP contribution in [0.4, 0.5) is 18.9 Å². The minimum absolute atomic E-state index is 0.225. The van der Waals surface area contributed by atoms with E-state index in [2.05, 4.69) is 0 Å². The number of aliphatic carboxylic acids is 1. The number of ether oxygens (including phenoxy) is 1. The largest absolute Gasteiger partial charge is 0.481 e. The Bertz CT molecular complexity index is 1220. The van der Waals surface area contributed by atoms with Crippen LogP contribution in [-0.4, -0.2) is 38.3 Å². The molecule has 2 heterocycles. The number of nitrogens with zero attached hydrogens (tertiary/aromatic N) is 1. The number of benzene rings is 2. The zero-order chi connectivity index (χ0) is 24.6. The zero-order valence-corrected chi connectivity index (χ0v) is 19.3. The van der Waals surface area contributed by atoms with Crippen molar-refractivity contribution in [1.82, 2.24) is 0 Å². The van der Waals surface area contributed by atoms with Crippen molar-refractivity contribution in [3.05, 3.63) is 59.2 Å². The summed E-state index contributed by atoms with van der Waals surface area (Å²) in [7, 11) is -4.55. The molecule has 0 spiro atoms. The van der Waals surface area contributed by atoms with E-state index < -0.39 is 51.8 Å². The number of rotatable bonds is 3. The second-order valence-corrected chi connectivity index (χ2v) is 11.3. The van der Waals surface area contributed by atoms with Crippen LogP contribution in [0.3, 0.4) is 0 Å². The van der Waals surface area contributed by atoms with Crippen molar-refractivity contribution in [2.75, 3.05) is 10.9 Å². The summed E-state index contributed by atoms with van der Waals surface area (Å²) in [5, 5.41) is 9.72. The number of hydrogen-bond acceptors (Lipinski definition) is 4. The molecule has 0 radical (unpaired) electrons. The molecule has 3 atom stereocenters. The van der Waals surface area contributed by atoms with E-state index in [-0.39, 0.29) is 16.1 Å². The van der Waals surface area contributed by atoms with Gasteiger partial charge in [-0.25, -0.2) is 8.42 Å². The van der Waals surface area contributed by atoms with Crippen molar-refractivity contribution in [3.63, 3.8) is 0 Å². The average molecular weight is 484 g/mol. The molecule has 2 aromatic rings. The predicted molar refractivity (Wildman–Crippen MR) is 115 cm³/mol. The number of carbonyl (C=O) groups is 1. The van der Waals surface area contributed by atoms with Gasteiger partial charge in [0.1, 0.15) is 12.0 Å². The number of carboxylic acids is 1.